The summed E-state index contributed by atoms with van der Waals surface area (Å²) in [6.07, 6.45) is -3.44. The number of amidine groups is 1. The maximum absolute atomic E-state index is 12.5. The van der Waals surface area contributed by atoms with E-state index in [-0.39, 0.29) is 11.1 Å². The molecule has 0 aliphatic carbocycles. The molecule has 1 unspecified atom stereocenters. The Balaban J connectivity index is 2.14. The van der Waals surface area contributed by atoms with Crippen LogP contribution in [-0.2, 0) is 6.18 Å². The fourth-order valence-electron chi connectivity index (χ4n) is 1.60. The number of hydrogen-bond acceptors (Lipinski definition) is 3. The van der Waals surface area contributed by atoms with Crippen LogP contribution in [0.3, 0.4) is 0 Å². The Bertz CT molecular complexity index is 502. The minimum absolute atomic E-state index is 0.0399. The van der Waals surface area contributed by atoms with Gasteiger partial charge in [0.1, 0.15) is 0 Å². The Labute approximate surface area is 118 Å². The largest absolute Gasteiger partial charge is 0.416 e. The van der Waals surface area contributed by atoms with E-state index in [1.807, 2.05) is 6.92 Å². The molecule has 0 bridgehead atoms. The molecule has 1 aliphatic heterocycles. The van der Waals surface area contributed by atoms with Crippen LogP contribution in [0.1, 0.15) is 18.9 Å². The molecule has 1 atom stereocenters. The Kier molecular flexibility index (Phi) is 4.30. The molecule has 0 fully saturated rings. The van der Waals surface area contributed by atoms with E-state index >= 15 is 0 Å². The highest BCUT2D eigenvalue weighted by Crippen LogP contribution is 2.34. The standard InChI is InChI=1S/C12H12ClF3N2S/c1-2-8-6-19-11(17-8)18-10-4-3-7(5-9(10)13)12(14,15)16/h3-5,8H,2,6H2,1H3,(H,17,18). The molecule has 104 valence electrons. The molecule has 19 heavy (non-hydrogen) atoms. The first-order valence-electron chi connectivity index (χ1n) is 5.74. The number of benzene rings is 1. The zero-order valence-corrected chi connectivity index (χ0v) is 11.7. The molecule has 0 spiro atoms. The third kappa shape index (κ3) is 3.57. The molecule has 0 saturated carbocycles. The van der Waals surface area contributed by atoms with Gasteiger partial charge < -0.3 is 5.32 Å². The highest BCUT2D eigenvalue weighted by molar-refractivity contribution is 8.14. The van der Waals surface area contributed by atoms with Crippen molar-refractivity contribution in [3.63, 3.8) is 0 Å². The second-order valence-electron chi connectivity index (χ2n) is 4.12. The van der Waals surface area contributed by atoms with Gasteiger partial charge in [-0.25, -0.2) is 0 Å². The molecule has 0 aromatic heterocycles. The van der Waals surface area contributed by atoms with Gasteiger partial charge in [-0.15, -0.1) is 0 Å². The van der Waals surface area contributed by atoms with Gasteiger partial charge in [0, 0.05) is 5.75 Å². The fraction of sp³-hybridized carbons (Fsp3) is 0.417. The van der Waals surface area contributed by atoms with Crippen LogP contribution in [0.25, 0.3) is 0 Å². The van der Waals surface area contributed by atoms with Gasteiger partial charge in [0.2, 0.25) is 0 Å². The van der Waals surface area contributed by atoms with Gasteiger partial charge in [0.25, 0.3) is 0 Å². The summed E-state index contributed by atoms with van der Waals surface area (Å²) in [5.74, 6) is 0.886. The normalized spacial score (nSPS) is 19.4. The molecule has 2 rings (SSSR count). The van der Waals surface area contributed by atoms with Crippen LogP contribution in [0.15, 0.2) is 23.2 Å². The first kappa shape index (κ1) is 14.5. The van der Waals surface area contributed by atoms with Crippen molar-refractivity contribution in [2.75, 3.05) is 11.1 Å². The van der Waals surface area contributed by atoms with E-state index < -0.39 is 11.7 Å². The van der Waals surface area contributed by atoms with Crippen LogP contribution in [-0.4, -0.2) is 17.0 Å². The third-order valence-corrected chi connectivity index (χ3v) is 4.07. The Morgan fingerprint density at radius 1 is 1.47 bits per heavy atom. The third-order valence-electron chi connectivity index (χ3n) is 2.72. The van der Waals surface area contributed by atoms with Crippen molar-refractivity contribution in [1.29, 1.82) is 0 Å². The average Bonchev–Trinajstić information content (AvgIpc) is 2.78. The maximum atomic E-state index is 12.5. The predicted molar refractivity (Wildman–Crippen MR) is 74.0 cm³/mol. The summed E-state index contributed by atoms with van der Waals surface area (Å²) in [6.45, 7) is 2.04. The summed E-state index contributed by atoms with van der Waals surface area (Å²) in [5, 5.41) is 3.71. The van der Waals surface area contributed by atoms with Crippen LogP contribution in [0.5, 0.6) is 0 Å². The molecule has 0 radical (unpaired) electrons. The number of anilines is 1. The van der Waals surface area contributed by atoms with Crippen molar-refractivity contribution in [2.24, 2.45) is 4.99 Å². The summed E-state index contributed by atoms with van der Waals surface area (Å²) in [5.41, 5.74) is -0.312. The highest BCUT2D eigenvalue weighted by atomic mass is 35.5. The molecule has 0 amide bonds. The summed E-state index contributed by atoms with van der Waals surface area (Å²) < 4.78 is 37.5. The van der Waals surface area contributed by atoms with E-state index in [4.69, 9.17) is 11.6 Å². The first-order valence-corrected chi connectivity index (χ1v) is 7.11. The van der Waals surface area contributed by atoms with E-state index in [0.29, 0.717) is 10.9 Å². The van der Waals surface area contributed by atoms with Gasteiger partial charge in [-0.05, 0) is 24.6 Å². The predicted octanol–water partition coefficient (Wildman–Crippen LogP) is 4.65. The Morgan fingerprint density at radius 2 is 2.21 bits per heavy atom. The molecular formula is C12H12ClF3N2S. The van der Waals surface area contributed by atoms with E-state index in [1.165, 1.54) is 6.07 Å². The summed E-state index contributed by atoms with van der Waals surface area (Å²) in [6, 6.07) is 3.52. The quantitative estimate of drug-likeness (QED) is 0.860. The maximum Gasteiger partial charge on any atom is 0.416 e. The van der Waals surface area contributed by atoms with Crippen molar-refractivity contribution in [2.45, 2.75) is 25.6 Å². The number of nitrogens with zero attached hydrogens (tertiary/aromatic N) is 1. The van der Waals surface area contributed by atoms with Crippen LogP contribution in [0, 0.1) is 0 Å². The zero-order valence-electron chi connectivity index (χ0n) is 10.1. The van der Waals surface area contributed by atoms with Gasteiger partial charge in [-0.1, -0.05) is 30.3 Å². The monoisotopic (exact) mass is 308 g/mol. The van der Waals surface area contributed by atoms with Crippen molar-refractivity contribution in [1.82, 2.24) is 0 Å². The minimum atomic E-state index is -4.38. The molecular weight excluding hydrogens is 297 g/mol. The Hall–Kier alpha value is -0.880. The number of aliphatic imine (C=N–C) groups is 1. The number of halogens is 4. The summed E-state index contributed by atoms with van der Waals surface area (Å²) in [7, 11) is 0. The number of alkyl halides is 3. The fourth-order valence-corrected chi connectivity index (χ4v) is 2.90. The van der Waals surface area contributed by atoms with E-state index in [2.05, 4.69) is 10.3 Å². The molecule has 1 aliphatic rings. The molecule has 1 aromatic rings. The second kappa shape index (κ2) is 5.63. The molecule has 1 heterocycles. The molecule has 2 nitrogen and oxygen atoms in total. The lowest BCUT2D eigenvalue weighted by atomic mass is 10.2. The van der Waals surface area contributed by atoms with Crippen LogP contribution in [0.4, 0.5) is 18.9 Å². The first-order chi connectivity index (χ1) is 8.90. The summed E-state index contributed by atoms with van der Waals surface area (Å²) in [4.78, 5) is 4.40. The topological polar surface area (TPSA) is 24.4 Å². The molecule has 1 N–H and O–H groups in total. The number of thioether (sulfide) groups is 1. The molecule has 7 heteroatoms. The average molecular weight is 309 g/mol. The van der Waals surface area contributed by atoms with Crippen molar-refractivity contribution in [3.05, 3.63) is 28.8 Å². The zero-order chi connectivity index (χ0) is 14.0. The number of hydrogen-bond donors (Lipinski definition) is 1. The Morgan fingerprint density at radius 3 is 2.74 bits per heavy atom. The van der Waals surface area contributed by atoms with Crippen molar-refractivity contribution < 1.29 is 13.2 Å². The van der Waals surface area contributed by atoms with Crippen LogP contribution in [0.2, 0.25) is 5.02 Å². The highest BCUT2D eigenvalue weighted by Gasteiger charge is 2.31. The second-order valence-corrected chi connectivity index (χ2v) is 5.54. The van der Waals surface area contributed by atoms with Gasteiger partial charge in [-0.2, -0.15) is 13.2 Å². The number of rotatable bonds is 2. The van der Waals surface area contributed by atoms with Gasteiger partial charge in [-0.3, -0.25) is 4.99 Å². The van der Waals surface area contributed by atoms with Gasteiger partial charge in [0.05, 0.1) is 22.3 Å². The van der Waals surface area contributed by atoms with E-state index in [0.717, 1.165) is 24.3 Å². The molecule has 0 saturated heterocycles. The SMILES string of the molecule is CCC1CSC(Nc2ccc(C(F)(F)F)cc2Cl)=N1. The van der Waals surface area contributed by atoms with Crippen LogP contribution >= 0.6 is 23.4 Å². The summed E-state index contributed by atoms with van der Waals surface area (Å²) >= 11 is 7.40. The lowest BCUT2D eigenvalue weighted by Crippen LogP contribution is -2.08. The lowest BCUT2D eigenvalue weighted by molar-refractivity contribution is -0.137. The van der Waals surface area contributed by atoms with E-state index in [1.54, 1.807) is 11.8 Å². The minimum Gasteiger partial charge on any atom is -0.334 e. The lowest BCUT2D eigenvalue weighted by Gasteiger charge is -2.11. The smallest absolute Gasteiger partial charge is 0.334 e. The number of nitrogens with one attached hydrogen (secondary N) is 1. The molecule has 1 aromatic carbocycles. The van der Waals surface area contributed by atoms with Crippen molar-refractivity contribution >= 4 is 34.2 Å². The van der Waals surface area contributed by atoms with Gasteiger partial charge >= 0.3 is 6.18 Å². The van der Waals surface area contributed by atoms with E-state index in [9.17, 15) is 13.2 Å². The van der Waals surface area contributed by atoms with Crippen molar-refractivity contribution in [3.8, 4) is 0 Å². The van der Waals surface area contributed by atoms with Gasteiger partial charge in [0.15, 0.2) is 5.17 Å². The van der Waals surface area contributed by atoms with Crippen LogP contribution < -0.4 is 5.32 Å².